The zero-order valence-electron chi connectivity index (χ0n) is 18.3. The molecular weight excluding hydrogens is 478 g/mol. The van der Waals surface area contributed by atoms with Crippen molar-refractivity contribution in [3.05, 3.63) is 86.2 Å². The number of methoxy groups -OCH3 is 1. The summed E-state index contributed by atoms with van der Waals surface area (Å²) in [6.07, 6.45) is 1.29. The number of hydrogen-bond donors (Lipinski definition) is 1. The average molecular weight is 498 g/mol. The lowest BCUT2D eigenvalue weighted by Crippen LogP contribution is -2.27. The van der Waals surface area contributed by atoms with E-state index in [1.807, 2.05) is 30.3 Å². The summed E-state index contributed by atoms with van der Waals surface area (Å²) in [5, 5.41) is 3.33. The van der Waals surface area contributed by atoms with Crippen LogP contribution < -0.4 is 15.6 Å². The molecule has 0 aliphatic carbocycles. The van der Waals surface area contributed by atoms with Crippen molar-refractivity contribution in [2.75, 3.05) is 12.4 Å². The summed E-state index contributed by atoms with van der Waals surface area (Å²) in [5.41, 5.74) is 1.39. The molecule has 0 spiro atoms. The Morgan fingerprint density at radius 3 is 2.65 bits per heavy atom. The van der Waals surface area contributed by atoms with E-state index >= 15 is 0 Å². The van der Waals surface area contributed by atoms with Gasteiger partial charge in [-0.2, -0.15) is 0 Å². The molecule has 0 bridgehead atoms. The number of hydrogen-bond acceptors (Lipinski definition) is 7. The third kappa shape index (κ3) is 4.95. The van der Waals surface area contributed by atoms with Crippen LogP contribution in [0.3, 0.4) is 0 Å². The number of rotatable bonds is 7. The maximum Gasteiger partial charge on any atom is 0.349 e. The molecule has 174 valence electrons. The lowest BCUT2D eigenvalue weighted by Gasteiger charge is -2.09. The molecule has 8 nitrogen and oxygen atoms in total. The van der Waals surface area contributed by atoms with Crippen LogP contribution >= 0.6 is 22.9 Å². The highest BCUT2D eigenvalue weighted by Crippen LogP contribution is 2.28. The van der Waals surface area contributed by atoms with Gasteiger partial charge in [0.1, 0.15) is 28.6 Å². The quantitative estimate of drug-likeness (QED) is 0.379. The number of ether oxygens (including phenoxy) is 2. The first kappa shape index (κ1) is 23.5. The van der Waals surface area contributed by atoms with Gasteiger partial charge in [0.05, 0.1) is 23.8 Å². The maximum absolute atomic E-state index is 13.0. The summed E-state index contributed by atoms with van der Waals surface area (Å²) in [6.45, 7) is 1.54. The van der Waals surface area contributed by atoms with Crippen LogP contribution in [0.15, 0.2) is 59.7 Å². The Morgan fingerprint density at radius 1 is 1.18 bits per heavy atom. The van der Waals surface area contributed by atoms with E-state index in [0.717, 1.165) is 16.9 Å². The molecule has 1 N–H and O–H groups in total. The molecule has 2 aromatic carbocycles. The number of carbonyl (C=O) groups excluding carboxylic acids is 2. The van der Waals surface area contributed by atoms with Crippen LogP contribution in [0, 0.1) is 6.92 Å². The van der Waals surface area contributed by atoms with Crippen molar-refractivity contribution in [2.24, 2.45) is 0 Å². The van der Waals surface area contributed by atoms with Crippen molar-refractivity contribution in [3.63, 3.8) is 0 Å². The molecule has 2 heterocycles. The number of nitrogens with zero attached hydrogens (tertiary/aromatic N) is 2. The van der Waals surface area contributed by atoms with E-state index in [1.165, 1.54) is 18.0 Å². The highest BCUT2D eigenvalue weighted by atomic mass is 35.5. The number of halogens is 1. The molecule has 0 fully saturated rings. The Hall–Kier alpha value is -3.69. The fourth-order valence-corrected chi connectivity index (χ4v) is 4.65. The second kappa shape index (κ2) is 10.1. The molecule has 0 aliphatic rings. The van der Waals surface area contributed by atoms with Crippen LogP contribution in [0.4, 0.5) is 5.69 Å². The highest BCUT2D eigenvalue weighted by Gasteiger charge is 2.21. The summed E-state index contributed by atoms with van der Waals surface area (Å²) in [7, 11) is 1.50. The SMILES string of the molecule is COc1ccc(NC(=O)Cn2cnc3sc(C(=O)OCc4ccccc4)c(C)c3c2=O)cc1Cl. The molecule has 4 aromatic rings. The Bertz CT molecular complexity index is 1430. The van der Waals surface area contributed by atoms with Crippen LogP contribution in [0.25, 0.3) is 10.2 Å². The van der Waals surface area contributed by atoms with Gasteiger partial charge in [-0.15, -0.1) is 11.3 Å². The molecule has 0 saturated heterocycles. The second-order valence-corrected chi connectivity index (χ2v) is 8.78. The van der Waals surface area contributed by atoms with Crippen molar-refractivity contribution in [2.45, 2.75) is 20.1 Å². The molecule has 0 unspecified atom stereocenters. The van der Waals surface area contributed by atoms with Gasteiger partial charge >= 0.3 is 5.97 Å². The number of thiophene rings is 1. The number of anilines is 1. The molecule has 1 amide bonds. The van der Waals surface area contributed by atoms with Crippen LogP contribution in [0.1, 0.15) is 20.8 Å². The Labute approximate surface area is 203 Å². The molecule has 34 heavy (non-hydrogen) atoms. The summed E-state index contributed by atoms with van der Waals surface area (Å²) < 4.78 is 11.7. The van der Waals surface area contributed by atoms with Gasteiger partial charge in [-0.3, -0.25) is 14.2 Å². The lowest BCUT2D eigenvalue weighted by atomic mass is 10.2. The minimum Gasteiger partial charge on any atom is -0.495 e. The Kier molecular flexibility index (Phi) is 6.95. The summed E-state index contributed by atoms with van der Waals surface area (Å²) in [6, 6.07) is 14.1. The van der Waals surface area contributed by atoms with Gasteiger partial charge in [-0.25, -0.2) is 9.78 Å². The number of amides is 1. The van der Waals surface area contributed by atoms with E-state index in [-0.39, 0.29) is 13.2 Å². The molecule has 10 heteroatoms. The number of nitrogens with one attached hydrogen (secondary N) is 1. The predicted molar refractivity (Wildman–Crippen MR) is 131 cm³/mol. The average Bonchev–Trinajstić information content (AvgIpc) is 3.17. The summed E-state index contributed by atoms with van der Waals surface area (Å²) in [5.74, 6) is -0.471. The van der Waals surface area contributed by atoms with Crippen LogP contribution in [-0.4, -0.2) is 28.5 Å². The highest BCUT2D eigenvalue weighted by molar-refractivity contribution is 7.20. The monoisotopic (exact) mass is 497 g/mol. The molecule has 4 rings (SSSR count). The molecule has 0 atom stereocenters. The summed E-state index contributed by atoms with van der Waals surface area (Å²) in [4.78, 5) is 43.2. The number of aromatic nitrogens is 2. The van der Waals surface area contributed by atoms with Gasteiger partial charge in [0.15, 0.2) is 0 Å². The van der Waals surface area contributed by atoms with Gasteiger partial charge in [0.25, 0.3) is 5.56 Å². The van der Waals surface area contributed by atoms with E-state index in [1.54, 1.807) is 25.1 Å². The molecular formula is C24H20ClN3O5S. The predicted octanol–water partition coefficient (Wildman–Crippen LogP) is 4.42. The standard InChI is InChI=1S/C24H20ClN3O5S/c1-14-20-22(34-21(14)24(31)33-12-15-6-4-3-5-7-15)26-13-28(23(20)30)11-19(29)27-16-8-9-18(32-2)17(25)10-16/h3-10,13H,11-12H2,1-2H3,(H,27,29). The number of aryl methyl sites for hydroxylation is 1. The third-order valence-corrected chi connectivity index (χ3v) is 6.54. The lowest BCUT2D eigenvalue weighted by molar-refractivity contribution is -0.116. The van der Waals surface area contributed by atoms with Crippen LogP contribution in [0.5, 0.6) is 5.75 Å². The second-order valence-electron chi connectivity index (χ2n) is 7.37. The van der Waals surface area contributed by atoms with E-state index < -0.39 is 17.4 Å². The summed E-state index contributed by atoms with van der Waals surface area (Å²) >= 11 is 7.18. The molecule has 0 radical (unpaired) electrons. The first-order valence-corrected chi connectivity index (χ1v) is 11.4. The minimum atomic E-state index is -0.524. The van der Waals surface area contributed by atoms with Gasteiger partial charge in [0, 0.05) is 5.69 Å². The van der Waals surface area contributed by atoms with E-state index in [4.69, 9.17) is 21.1 Å². The van der Waals surface area contributed by atoms with Gasteiger partial charge in [-0.05, 0) is 36.2 Å². The van der Waals surface area contributed by atoms with Gasteiger partial charge in [-0.1, -0.05) is 41.9 Å². The van der Waals surface area contributed by atoms with Crippen molar-refractivity contribution < 1.29 is 19.1 Å². The Balaban J connectivity index is 1.51. The fraction of sp³-hybridized carbons (Fsp3) is 0.167. The minimum absolute atomic E-state index is 0.126. The Morgan fingerprint density at radius 2 is 1.94 bits per heavy atom. The molecule has 0 saturated carbocycles. The number of carbonyl (C=O) groups is 2. The van der Waals surface area contributed by atoms with Gasteiger partial charge < -0.3 is 14.8 Å². The zero-order chi connectivity index (χ0) is 24.2. The fourth-order valence-electron chi connectivity index (χ4n) is 3.35. The first-order valence-electron chi connectivity index (χ1n) is 10.2. The third-order valence-electron chi connectivity index (χ3n) is 5.06. The molecule has 2 aromatic heterocycles. The van der Waals surface area contributed by atoms with Crippen molar-refractivity contribution in [3.8, 4) is 5.75 Å². The van der Waals surface area contributed by atoms with Gasteiger partial charge in [0.2, 0.25) is 5.91 Å². The molecule has 0 aliphatic heterocycles. The van der Waals surface area contributed by atoms with E-state index in [0.29, 0.717) is 37.1 Å². The topological polar surface area (TPSA) is 99.5 Å². The van der Waals surface area contributed by atoms with E-state index in [2.05, 4.69) is 10.3 Å². The first-order chi connectivity index (χ1) is 16.4. The van der Waals surface area contributed by atoms with E-state index in [9.17, 15) is 14.4 Å². The van der Waals surface area contributed by atoms with Crippen LogP contribution in [0.2, 0.25) is 5.02 Å². The number of benzene rings is 2. The number of esters is 1. The zero-order valence-corrected chi connectivity index (χ0v) is 19.9. The van der Waals surface area contributed by atoms with Crippen molar-refractivity contribution >= 4 is 50.7 Å². The number of fused-ring (bicyclic) bond motifs is 1. The van der Waals surface area contributed by atoms with Crippen molar-refractivity contribution in [1.29, 1.82) is 0 Å². The maximum atomic E-state index is 13.0. The largest absolute Gasteiger partial charge is 0.495 e. The normalized spacial score (nSPS) is 10.8. The van der Waals surface area contributed by atoms with Crippen molar-refractivity contribution in [1.82, 2.24) is 9.55 Å². The van der Waals surface area contributed by atoms with Crippen LogP contribution in [-0.2, 0) is 22.7 Å². The smallest absolute Gasteiger partial charge is 0.349 e.